The first kappa shape index (κ1) is 20.1. The van der Waals surface area contributed by atoms with E-state index in [0.29, 0.717) is 0 Å². The maximum absolute atomic E-state index is 13.2. The molecule has 0 aliphatic carbocycles. The minimum Gasteiger partial charge on any atom is -0.449 e. The Labute approximate surface area is 164 Å². The van der Waals surface area contributed by atoms with Gasteiger partial charge >= 0.3 is 5.97 Å². The average Bonchev–Trinajstić information content (AvgIpc) is 3.03. The number of hydrogen-bond acceptors (Lipinski definition) is 5. The molecule has 0 bridgehead atoms. The molecular weight excluding hydrogens is 386 g/mol. The Morgan fingerprint density at radius 2 is 1.72 bits per heavy atom. The zero-order valence-electron chi connectivity index (χ0n) is 15.3. The second kappa shape index (κ2) is 8.17. The van der Waals surface area contributed by atoms with E-state index in [9.17, 15) is 28.0 Å². The lowest BCUT2D eigenvalue weighted by Crippen LogP contribution is -2.30. The average molecular weight is 402 g/mol. The first-order valence-electron chi connectivity index (χ1n) is 8.69. The SMILES string of the molecule is C[C@@H](OC(=O)c1cccc(N2C(=O)CCC2=O)c1)C(=O)Nc1ccc(F)c(F)c1. The maximum atomic E-state index is 13.2. The highest BCUT2D eigenvalue weighted by molar-refractivity contribution is 6.20. The lowest BCUT2D eigenvalue weighted by Gasteiger charge is -2.16. The summed E-state index contributed by atoms with van der Waals surface area (Å²) in [5.74, 6) is -4.50. The van der Waals surface area contributed by atoms with Crippen molar-refractivity contribution in [1.82, 2.24) is 0 Å². The number of nitrogens with zero attached hydrogens (tertiary/aromatic N) is 1. The van der Waals surface area contributed by atoms with E-state index >= 15 is 0 Å². The Bertz CT molecular complexity index is 992. The van der Waals surface area contributed by atoms with Crippen LogP contribution in [-0.4, -0.2) is 29.8 Å². The van der Waals surface area contributed by atoms with Crippen LogP contribution in [0.25, 0.3) is 0 Å². The number of anilines is 2. The van der Waals surface area contributed by atoms with Crippen molar-refractivity contribution in [2.45, 2.75) is 25.9 Å². The summed E-state index contributed by atoms with van der Waals surface area (Å²) in [5.41, 5.74) is 0.290. The Kier molecular flexibility index (Phi) is 5.67. The van der Waals surface area contributed by atoms with Crippen molar-refractivity contribution in [3.05, 3.63) is 59.7 Å². The van der Waals surface area contributed by atoms with Gasteiger partial charge in [-0.15, -0.1) is 0 Å². The number of ether oxygens (including phenoxy) is 1. The fraction of sp³-hybridized carbons (Fsp3) is 0.200. The fourth-order valence-electron chi connectivity index (χ4n) is 2.74. The van der Waals surface area contributed by atoms with Gasteiger partial charge in [0.05, 0.1) is 11.3 Å². The number of esters is 1. The lowest BCUT2D eigenvalue weighted by molar-refractivity contribution is -0.124. The van der Waals surface area contributed by atoms with Gasteiger partial charge in [0, 0.05) is 24.6 Å². The van der Waals surface area contributed by atoms with Crippen molar-refractivity contribution in [1.29, 1.82) is 0 Å². The summed E-state index contributed by atoms with van der Waals surface area (Å²) in [5, 5.41) is 2.31. The smallest absolute Gasteiger partial charge is 0.338 e. The third kappa shape index (κ3) is 4.45. The highest BCUT2D eigenvalue weighted by Gasteiger charge is 2.30. The maximum Gasteiger partial charge on any atom is 0.338 e. The van der Waals surface area contributed by atoms with Crippen LogP contribution >= 0.6 is 0 Å². The molecule has 0 spiro atoms. The number of rotatable bonds is 5. The zero-order chi connectivity index (χ0) is 21.1. The van der Waals surface area contributed by atoms with Gasteiger partial charge in [0.2, 0.25) is 11.8 Å². The van der Waals surface area contributed by atoms with Gasteiger partial charge in [-0.3, -0.25) is 19.3 Å². The summed E-state index contributed by atoms with van der Waals surface area (Å²) < 4.78 is 31.3. The Balaban J connectivity index is 1.67. The number of halogens is 2. The third-order valence-electron chi connectivity index (χ3n) is 4.23. The number of carbonyl (C=O) groups is 4. The van der Waals surface area contributed by atoms with Crippen LogP contribution in [0.3, 0.4) is 0 Å². The van der Waals surface area contributed by atoms with E-state index in [1.54, 1.807) is 0 Å². The number of amides is 3. The van der Waals surface area contributed by atoms with Crippen LogP contribution < -0.4 is 10.2 Å². The first-order valence-corrected chi connectivity index (χ1v) is 8.69. The molecule has 0 unspecified atom stereocenters. The molecule has 0 saturated carbocycles. The van der Waals surface area contributed by atoms with Crippen LogP contribution in [0.15, 0.2) is 42.5 Å². The lowest BCUT2D eigenvalue weighted by atomic mass is 10.2. The topological polar surface area (TPSA) is 92.8 Å². The van der Waals surface area contributed by atoms with Gasteiger partial charge in [0.1, 0.15) is 0 Å². The Morgan fingerprint density at radius 3 is 2.38 bits per heavy atom. The molecule has 0 aromatic heterocycles. The summed E-state index contributed by atoms with van der Waals surface area (Å²) in [6, 6.07) is 8.55. The van der Waals surface area contributed by atoms with E-state index in [1.165, 1.54) is 37.3 Å². The summed E-state index contributed by atoms with van der Waals surface area (Å²) in [6.07, 6.45) is -1.03. The van der Waals surface area contributed by atoms with Gasteiger partial charge in [-0.2, -0.15) is 0 Å². The van der Waals surface area contributed by atoms with Crippen molar-refractivity contribution in [3.8, 4) is 0 Å². The monoisotopic (exact) mass is 402 g/mol. The van der Waals surface area contributed by atoms with Gasteiger partial charge in [-0.25, -0.2) is 13.6 Å². The molecule has 1 aliphatic heterocycles. The van der Waals surface area contributed by atoms with Gasteiger partial charge < -0.3 is 10.1 Å². The van der Waals surface area contributed by atoms with Crippen LogP contribution in [0.1, 0.15) is 30.1 Å². The second-order valence-electron chi connectivity index (χ2n) is 6.34. The predicted molar refractivity (Wildman–Crippen MR) is 98.0 cm³/mol. The molecule has 1 fully saturated rings. The van der Waals surface area contributed by atoms with Crippen molar-refractivity contribution < 1.29 is 32.7 Å². The molecule has 9 heteroatoms. The number of hydrogen-bond donors (Lipinski definition) is 1. The van der Waals surface area contributed by atoms with Crippen molar-refractivity contribution in [2.24, 2.45) is 0 Å². The molecule has 3 rings (SSSR count). The molecule has 1 saturated heterocycles. The minimum absolute atomic E-state index is 0.00449. The molecule has 3 amide bonds. The number of nitrogens with one attached hydrogen (secondary N) is 1. The summed E-state index contributed by atoms with van der Waals surface area (Å²) >= 11 is 0. The molecule has 7 nitrogen and oxygen atoms in total. The van der Waals surface area contributed by atoms with Crippen LogP contribution in [0.2, 0.25) is 0 Å². The highest BCUT2D eigenvalue weighted by Crippen LogP contribution is 2.24. The van der Waals surface area contributed by atoms with E-state index in [2.05, 4.69) is 5.32 Å². The summed E-state index contributed by atoms with van der Waals surface area (Å²) in [4.78, 5) is 49.1. The van der Waals surface area contributed by atoms with Crippen LogP contribution in [0.4, 0.5) is 20.2 Å². The van der Waals surface area contributed by atoms with Crippen molar-refractivity contribution in [3.63, 3.8) is 0 Å². The van der Waals surface area contributed by atoms with Crippen molar-refractivity contribution in [2.75, 3.05) is 10.2 Å². The van der Waals surface area contributed by atoms with Crippen LogP contribution in [0.5, 0.6) is 0 Å². The number of carbonyl (C=O) groups excluding carboxylic acids is 4. The van der Waals surface area contributed by atoms with Gasteiger partial charge in [-0.1, -0.05) is 6.07 Å². The van der Waals surface area contributed by atoms with Gasteiger partial charge in [-0.05, 0) is 37.3 Å². The summed E-state index contributed by atoms with van der Waals surface area (Å²) in [6.45, 7) is 1.31. The van der Waals surface area contributed by atoms with Gasteiger partial charge in [0.25, 0.3) is 5.91 Å². The molecule has 29 heavy (non-hydrogen) atoms. The number of imide groups is 1. The number of benzene rings is 2. The van der Waals surface area contributed by atoms with E-state index < -0.39 is 29.6 Å². The normalized spacial score (nSPS) is 14.7. The molecule has 1 atom stereocenters. The quantitative estimate of drug-likeness (QED) is 0.613. The van der Waals surface area contributed by atoms with E-state index in [0.717, 1.165) is 17.0 Å². The van der Waals surface area contributed by atoms with Crippen LogP contribution in [-0.2, 0) is 19.1 Å². The molecule has 2 aromatic carbocycles. The molecule has 1 heterocycles. The second-order valence-corrected chi connectivity index (χ2v) is 6.34. The van der Waals surface area contributed by atoms with E-state index in [1.807, 2.05) is 0 Å². The Morgan fingerprint density at radius 1 is 1.03 bits per heavy atom. The molecule has 1 aliphatic rings. The Hall–Kier alpha value is -3.62. The largest absolute Gasteiger partial charge is 0.449 e. The third-order valence-corrected chi connectivity index (χ3v) is 4.23. The molecule has 1 N–H and O–H groups in total. The van der Waals surface area contributed by atoms with E-state index in [4.69, 9.17) is 4.74 Å². The van der Waals surface area contributed by atoms with Gasteiger partial charge in [0.15, 0.2) is 17.7 Å². The predicted octanol–water partition coefficient (Wildman–Crippen LogP) is 2.80. The zero-order valence-corrected chi connectivity index (χ0v) is 15.3. The molecular formula is C20H16F2N2O5. The minimum atomic E-state index is -1.24. The molecule has 150 valence electrons. The summed E-state index contributed by atoms with van der Waals surface area (Å²) in [7, 11) is 0. The molecule has 2 aromatic rings. The van der Waals surface area contributed by atoms with Crippen LogP contribution in [0, 0.1) is 11.6 Å². The highest BCUT2D eigenvalue weighted by atomic mass is 19.2. The fourth-order valence-corrected chi connectivity index (χ4v) is 2.74. The van der Waals surface area contributed by atoms with E-state index in [-0.39, 0.29) is 41.6 Å². The standard InChI is InChI=1S/C20H16F2N2O5/c1-11(19(27)23-13-5-6-15(21)16(22)10-13)29-20(28)12-3-2-4-14(9-12)24-17(25)7-8-18(24)26/h2-6,9-11H,7-8H2,1H3,(H,23,27)/t11-/m1/s1. The first-order chi connectivity index (χ1) is 13.8. The molecule has 0 radical (unpaired) electrons. The van der Waals surface area contributed by atoms with Crippen molar-refractivity contribution >= 4 is 35.1 Å².